The normalized spacial score (nSPS) is 20.4. The van der Waals surface area contributed by atoms with Crippen molar-refractivity contribution in [1.82, 2.24) is 9.88 Å². The van der Waals surface area contributed by atoms with Gasteiger partial charge in [-0.25, -0.2) is 9.79 Å². The van der Waals surface area contributed by atoms with Crippen molar-refractivity contribution >= 4 is 29.8 Å². The summed E-state index contributed by atoms with van der Waals surface area (Å²) in [5, 5.41) is 2.87. The molecule has 2 amide bonds. The quantitative estimate of drug-likeness (QED) is 0.847. The molecule has 0 bridgehead atoms. The number of fused-ring (bicyclic) bond motifs is 2. The van der Waals surface area contributed by atoms with E-state index in [0.29, 0.717) is 18.2 Å². The Hall–Kier alpha value is -2.44. The Kier molecular flexibility index (Phi) is 5.21. The van der Waals surface area contributed by atoms with Crippen LogP contribution in [0.15, 0.2) is 64.7 Å². The van der Waals surface area contributed by atoms with Crippen molar-refractivity contribution in [2.24, 2.45) is 10.9 Å². The molecule has 3 N–H and O–H groups in total. The lowest BCUT2D eigenvalue weighted by Crippen LogP contribution is -2.31. The number of amides is 2. The molecule has 126 valence electrons. The van der Waals surface area contributed by atoms with E-state index in [1.807, 2.05) is 6.07 Å². The van der Waals surface area contributed by atoms with Crippen molar-refractivity contribution in [1.29, 1.82) is 0 Å². The van der Waals surface area contributed by atoms with Gasteiger partial charge in [0.15, 0.2) is 0 Å². The maximum atomic E-state index is 12.5. The number of pyridine rings is 1. The molecule has 24 heavy (non-hydrogen) atoms. The first-order valence-corrected chi connectivity index (χ1v) is 7.43. The van der Waals surface area contributed by atoms with Crippen LogP contribution in [0.4, 0.5) is 10.5 Å². The molecule has 6 nitrogen and oxygen atoms in total. The molecule has 7 heteroatoms. The zero-order chi connectivity index (χ0) is 15.1. The summed E-state index contributed by atoms with van der Waals surface area (Å²) in [5.41, 5.74) is 4.05. The number of aliphatic imine (C=N–C) groups is 1. The largest absolute Gasteiger partial charge is 0.412 e. The Morgan fingerprint density at radius 2 is 2.25 bits per heavy atom. The van der Waals surface area contributed by atoms with Crippen LogP contribution in [0.5, 0.6) is 0 Å². The molecule has 3 aliphatic rings. The molecule has 0 radical (unpaired) electrons. The maximum Gasteiger partial charge on any atom is 0.327 e. The van der Waals surface area contributed by atoms with Crippen LogP contribution in [-0.4, -0.2) is 33.6 Å². The molecular weight excluding hydrogens is 328 g/mol. The molecule has 1 aromatic heterocycles. The van der Waals surface area contributed by atoms with Crippen LogP contribution >= 0.6 is 12.4 Å². The van der Waals surface area contributed by atoms with E-state index in [1.165, 1.54) is 11.1 Å². The van der Waals surface area contributed by atoms with Crippen molar-refractivity contribution in [3.8, 4) is 0 Å². The second-order valence-electron chi connectivity index (χ2n) is 5.67. The van der Waals surface area contributed by atoms with E-state index >= 15 is 0 Å². The van der Waals surface area contributed by atoms with E-state index in [9.17, 15) is 4.79 Å². The molecular formula is C17H19ClN4O2. The SMILES string of the molecule is CC1C=CC2=NC3=C(CCN3C(=O)Nc3cccnc3)C2=C1.Cl.O. The first kappa shape index (κ1) is 17.9. The highest BCUT2D eigenvalue weighted by atomic mass is 35.5. The van der Waals surface area contributed by atoms with Gasteiger partial charge >= 0.3 is 6.03 Å². The number of allylic oxidation sites excluding steroid dienone is 4. The fourth-order valence-corrected chi connectivity index (χ4v) is 3.02. The predicted octanol–water partition coefficient (Wildman–Crippen LogP) is 2.71. The number of halogens is 1. The molecule has 1 aromatic rings. The van der Waals surface area contributed by atoms with Crippen LogP contribution in [0, 0.1) is 5.92 Å². The first-order valence-electron chi connectivity index (χ1n) is 7.43. The molecule has 1 atom stereocenters. The van der Waals surface area contributed by atoms with Gasteiger partial charge in [-0.3, -0.25) is 9.88 Å². The minimum atomic E-state index is -0.154. The summed E-state index contributed by atoms with van der Waals surface area (Å²) in [7, 11) is 0. The van der Waals surface area contributed by atoms with Gasteiger partial charge < -0.3 is 10.8 Å². The Balaban J connectivity index is 0.00000104. The predicted molar refractivity (Wildman–Crippen MR) is 96.3 cm³/mol. The number of carbonyl (C=O) groups excluding carboxylic acids is 1. The Morgan fingerprint density at radius 1 is 1.42 bits per heavy atom. The summed E-state index contributed by atoms with van der Waals surface area (Å²) in [6.07, 6.45) is 10.6. The lowest BCUT2D eigenvalue weighted by Gasteiger charge is -2.18. The van der Waals surface area contributed by atoms with Crippen LogP contribution in [0.3, 0.4) is 0 Å². The van der Waals surface area contributed by atoms with Gasteiger partial charge in [-0.2, -0.15) is 0 Å². The zero-order valence-electron chi connectivity index (χ0n) is 13.2. The van der Waals surface area contributed by atoms with Gasteiger partial charge in [0.05, 0.1) is 17.6 Å². The molecule has 1 unspecified atom stereocenters. The van der Waals surface area contributed by atoms with Crippen molar-refractivity contribution in [2.75, 3.05) is 11.9 Å². The highest BCUT2D eigenvalue weighted by Gasteiger charge is 2.35. The van der Waals surface area contributed by atoms with Gasteiger partial charge in [0.1, 0.15) is 5.82 Å². The van der Waals surface area contributed by atoms with Crippen molar-refractivity contribution < 1.29 is 10.3 Å². The molecule has 1 aliphatic carbocycles. The summed E-state index contributed by atoms with van der Waals surface area (Å²) in [4.78, 5) is 22.8. The highest BCUT2D eigenvalue weighted by molar-refractivity contribution is 6.15. The average molecular weight is 347 g/mol. The summed E-state index contributed by atoms with van der Waals surface area (Å²) >= 11 is 0. The number of anilines is 1. The Morgan fingerprint density at radius 3 is 3.00 bits per heavy atom. The second-order valence-corrected chi connectivity index (χ2v) is 5.67. The minimum Gasteiger partial charge on any atom is -0.412 e. The Labute approximate surface area is 146 Å². The number of aromatic nitrogens is 1. The van der Waals surface area contributed by atoms with Crippen LogP contribution in [-0.2, 0) is 0 Å². The Bertz CT molecular complexity index is 768. The minimum absolute atomic E-state index is 0. The molecule has 0 fully saturated rings. The number of nitrogens with zero attached hydrogens (tertiary/aromatic N) is 3. The lowest BCUT2D eigenvalue weighted by molar-refractivity contribution is 0.228. The average Bonchev–Trinajstić information content (AvgIpc) is 3.07. The van der Waals surface area contributed by atoms with Gasteiger partial charge in [-0.1, -0.05) is 19.1 Å². The lowest BCUT2D eigenvalue weighted by atomic mass is 9.92. The van der Waals surface area contributed by atoms with E-state index in [0.717, 1.165) is 18.0 Å². The smallest absolute Gasteiger partial charge is 0.327 e. The van der Waals surface area contributed by atoms with Crippen molar-refractivity contribution in [2.45, 2.75) is 13.3 Å². The van der Waals surface area contributed by atoms with E-state index < -0.39 is 0 Å². The van der Waals surface area contributed by atoms with Crippen LogP contribution in [0.25, 0.3) is 0 Å². The fraction of sp³-hybridized carbons (Fsp3) is 0.235. The fourth-order valence-electron chi connectivity index (χ4n) is 3.02. The molecule has 3 heterocycles. The van der Waals surface area contributed by atoms with E-state index in [-0.39, 0.29) is 23.9 Å². The summed E-state index contributed by atoms with van der Waals surface area (Å²) < 4.78 is 0. The first-order chi connectivity index (χ1) is 10.7. The monoisotopic (exact) mass is 346 g/mol. The van der Waals surface area contributed by atoms with Crippen molar-refractivity contribution in [3.63, 3.8) is 0 Å². The molecule has 0 aromatic carbocycles. The standard InChI is InChI=1S/C17H16N4O.ClH.H2O/c1-11-4-5-15-14(9-11)13-6-8-21(16(13)20-15)17(22)19-12-3-2-7-18-10-12;;/h2-5,7,9-11H,6,8H2,1H3,(H,19,22);1H;1H2. The van der Waals surface area contributed by atoms with Crippen LogP contribution in [0.1, 0.15) is 13.3 Å². The molecule has 0 saturated carbocycles. The van der Waals surface area contributed by atoms with E-state index in [2.05, 4.69) is 40.4 Å². The number of nitrogens with one attached hydrogen (secondary N) is 1. The second kappa shape index (κ2) is 6.98. The van der Waals surface area contributed by atoms with E-state index in [1.54, 1.807) is 23.4 Å². The van der Waals surface area contributed by atoms with Gasteiger partial charge in [-0.15, -0.1) is 12.4 Å². The number of urea groups is 1. The van der Waals surface area contributed by atoms with Crippen LogP contribution in [0.2, 0.25) is 0 Å². The zero-order valence-corrected chi connectivity index (χ0v) is 14.0. The number of carbonyl (C=O) groups is 1. The summed E-state index contributed by atoms with van der Waals surface area (Å²) in [6.45, 7) is 2.82. The maximum absolute atomic E-state index is 12.5. The highest BCUT2D eigenvalue weighted by Crippen LogP contribution is 2.38. The molecule has 0 saturated heterocycles. The third-order valence-corrected chi connectivity index (χ3v) is 4.08. The topological polar surface area (TPSA) is 89.1 Å². The van der Waals surface area contributed by atoms with Crippen LogP contribution < -0.4 is 5.32 Å². The molecule has 0 spiro atoms. The third-order valence-electron chi connectivity index (χ3n) is 4.08. The summed E-state index contributed by atoms with van der Waals surface area (Å²) in [6, 6.07) is 3.47. The number of hydrogen-bond donors (Lipinski definition) is 1. The number of hydrogen-bond acceptors (Lipinski definition) is 3. The number of rotatable bonds is 1. The van der Waals surface area contributed by atoms with Crippen molar-refractivity contribution in [3.05, 3.63) is 59.7 Å². The van der Waals surface area contributed by atoms with Gasteiger partial charge in [0.2, 0.25) is 0 Å². The molecule has 2 aliphatic heterocycles. The van der Waals surface area contributed by atoms with E-state index in [4.69, 9.17) is 0 Å². The van der Waals surface area contributed by atoms with Gasteiger partial charge in [0.25, 0.3) is 0 Å². The van der Waals surface area contributed by atoms with Gasteiger partial charge in [-0.05, 0) is 30.5 Å². The third kappa shape index (κ3) is 2.98. The van der Waals surface area contributed by atoms with Gasteiger partial charge in [0, 0.05) is 23.9 Å². The summed E-state index contributed by atoms with van der Waals surface area (Å²) in [5.74, 6) is 1.21. The molecule has 4 rings (SSSR count).